The van der Waals surface area contributed by atoms with E-state index in [4.69, 9.17) is 17.3 Å². The molecule has 2 aromatic rings. The number of amides is 2. The molecule has 2 aromatic carbocycles. The first kappa shape index (κ1) is 24.3. The molecule has 0 bridgehead atoms. The second kappa shape index (κ2) is 10.5. The van der Waals surface area contributed by atoms with Crippen molar-refractivity contribution in [2.75, 3.05) is 5.32 Å². The van der Waals surface area contributed by atoms with Gasteiger partial charge in [-0.05, 0) is 67.0 Å². The minimum absolute atomic E-state index is 0.101. The summed E-state index contributed by atoms with van der Waals surface area (Å²) in [6.07, 6.45) is 4.12. The summed E-state index contributed by atoms with van der Waals surface area (Å²) < 4.78 is 0. The molecule has 0 radical (unpaired) electrons. The molecule has 0 aromatic heterocycles. The Kier molecular flexibility index (Phi) is 7.96. The van der Waals surface area contributed by atoms with E-state index in [0.29, 0.717) is 29.2 Å². The van der Waals surface area contributed by atoms with Gasteiger partial charge in [0.05, 0.1) is 0 Å². The van der Waals surface area contributed by atoms with Gasteiger partial charge in [-0.2, -0.15) is 0 Å². The van der Waals surface area contributed by atoms with E-state index < -0.39 is 0 Å². The number of hydrogen-bond donors (Lipinski definition) is 2. The quantitative estimate of drug-likeness (QED) is 0.592. The summed E-state index contributed by atoms with van der Waals surface area (Å²) in [6, 6.07) is 14.9. The first-order valence-electron chi connectivity index (χ1n) is 11.3. The third-order valence-corrected chi connectivity index (χ3v) is 6.23. The molecule has 32 heavy (non-hydrogen) atoms. The lowest BCUT2D eigenvalue weighted by atomic mass is 9.88. The molecule has 5 nitrogen and oxygen atoms in total. The zero-order valence-corrected chi connectivity index (χ0v) is 20.0. The minimum atomic E-state index is -0.180. The largest absolute Gasteiger partial charge is 0.335 e. The molecule has 0 aliphatic heterocycles. The van der Waals surface area contributed by atoms with Crippen LogP contribution in [0.1, 0.15) is 68.8 Å². The predicted molar refractivity (Wildman–Crippen MR) is 131 cm³/mol. The highest BCUT2D eigenvalue weighted by Crippen LogP contribution is 2.30. The highest BCUT2D eigenvalue weighted by Gasteiger charge is 2.30. The standard InChI is InChI=1S/C26H34ClN3O2/c1-26(2,3)16-24(31)30(22-12-9-20(28)10-13-22)17-19-15-21(11-14-23(19)27)29-25(32)18-7-5-4-6-8-18/h4-8,11,14-15,20,22H,9-10,12-13,16-17,28H2,1-3H3,(H,29,32). The summed E-state index contributed by atoms with van der Waals surface area (Å²) in [5, 5.41) is 3.52. The number of rotatable bonds is 6. The normalized spacial score (nSPS) is 18.8. The summed E-state index contributed by atoms with van der Waals surface area (Å²) in [6.45, 7) is 6.65. The maximum Gasteiger partial charge on any atom is 0.255 e. The number of anilines is 1. The number of halogens is 1. The maximum atomic E-state index is 13.3. The Morgan fingerprint density at radius 2 is 1.72 bits per heavy atom. The van der Waals surface area contributed by atoms with Gasteiger partial charge in [-0.25, -0.2) is 0 Å². The first-order valence-corrected chi connectivity index (χ1v) is 11.7. The number of benzene rings is 2. The van der Waals surface area contributed by atoms with Crippen LogP contribution in [0.25, 0.3) is 0 Å². The third kappa shape index (κ3) is 6.81. The van der Waals surface area contributed by atoms with Crippen LogP contribution in [0.5, 0.6) is 0 Å². The van der Waals surface area contributed by atoms with Gasteiger partial charge in [-0.15, -0.1) is 0 Å². The van der Waals surface area contributed by atoms with Crippen LogP contribution in [0, 0.1) is 5.41 Å². The van der Waals surface area contributed by atoms with Crippen molar-refractivity contribution in [3.63, 3.8) is 0 Å². The van der Waals surface area contributed by atoms with Gasteiger partial charge in [0.2, 0.25) is 5.91 Å². The maximum absolute atomic E-state index is 13.3. The molecule has 1 saturated carbocycles. The van der Waals surface area contributed by atoms with Gasteiger partial charge in [0.1, 0.15) is 0 Å². The van der Waals surface area contributed by atoms with E-state index in [2.05, 4.69) is 26.1 Å². The van der Waals surface area contributed by atoms with E-state index in [9.17, 15) is 9.59 Å². The summed E-state index contributed by atoms with van der Waals surface area (Å²) >= 11 is 6.52. The number of hydrogen-bond acceptors (Lipinski definition) is 3. The van der Waals surface area contributed by atoms with Crippen LogP contribution in [0.3, 0.4) is 0 Å². The SMILES string of the molecule is CC(C)(C)CC(=O)N(Cc1cc(NC(=O)c2ccccc2)ccc1Cl)C1CCC(N)CC1. The summed E-state index contributed by atoms with van der Waals surface area (Å²) in [5.74, 6) is -0.0476. The minimum Gasteiger partial charge on any atom is -0.335 e. The molecular weight excluding hydrogens is 422 g/mol. The van der Waals surface area contributed by atoms with Gasteiger partial charge in [-0.3, -0.25) is 9.59 Å². The van der Waals surface area contributed by atoms with Crippen molar-refractivity contribution >= 4 is 29.1 Å². The fourth-order valence-electron chi connectivity index (χ4n) is 4.14. The van der Waals surface area contributed by atoms with E-state index in [1.54, 1.807) is 24.3 Å². The number of nitrogens with zero attached hydrogens (tertiary/aromatic N) is 1. The van der Waals surface area contributed by atoms with Gasteiger partial charge < -0.3 is 16.0 Å². The molecule has 1 aliphatic rings. The van der Waals surface area contributed by atoms with E-state index in [0.717, 1.165) is 31.2 Å². The van der Waals surface area contributed by atoms with E-state index in [-0.39, 0.29) is 29.3 Å². The van der Waals surface area contributed by atoms with Gasteiger partial charge in [-0.1, -0.05) is 50.6 Å². The van der Waals surface area contributed by atoms with Crippen LogP contribution in [0.4, 0.5) is 5.69 Å². The van der Waals surface area contributed by atoms with Gasteiger partial charge >= 0.3 is 0 Å². The molecule has 6 heteroatoms. The number of carbonyl (C=O) groups is 2. The molecule has 172 valence electrons. The van der Waals surface area contributed by atoms with E-state index in [1.165, 1.54) is 0 Å². The number of nitrogens with one attached hydrogen (secondary N) is 1. The fraction of sp³-hybridized carbons (Fsp3) is 0.462. The number of nitrogens with two attached hydrogens (primary N) is 1. The van der Waals surface area contributed by atoms with Crippen molar-refractivity contribution in [3.8, 4) is 0 Å². The summed E-state index contributed by atoms with van der Waals surface area (Å²) in [7, 11) is 0. The summed E-state index contributed by atoms with van der Waals surface area (Å²) in [5.41, 5.74) is 8.07. The first-order chi connectivity index (χ1) is 15.1. The molecule has 0 heterocycles. The molecule has 0 atom stereocenters. The lowest BCUT2D eigenvalue weighted by Gasteiger charge is -2.37. The average molecular weight is 456 g/mol. The molecule has 0 unspecified atom stereocenters. The lowest BCUT2D eigenvalue weighted by Crippen LogP contribution is -2.44. The fourth-order valence-corrected chi connectivity index (χ4v) is 4.32. The Balaban J connectivity index is 1.80. The molecule has 3 N–H and O–H groups in total. The Morgan fingerprint density at radius 3 is 2.34 bits per heavy atom. The smallest absolute Gasteiger partial charge is 0.255 e. The van der Waals surface area contributed by atoms with Crippen molar-refractivity contribution in [3.05, 3.63) is 64.7 Å². The zero-order valence-electron chi connectivity index (χ0n) is 19.2. The van der Waals surface area contributed by atoms with Crippen molar-refractivity contribution < 1.29 is 9.59 Å². The Hall–Kier alpha value is -2.37. The van der Waals surface area contributed by atoms with Gasteiger partial charge in [0, 0.05) is 41.3 Å². The lowest BCUT2D eigenvalue weighted by molar-refractivity contribution is -0.137. The van der Waals surface area contributed by atoms with Crippen LogP contribution in [-0.2, 0) is 11.3 Å². The second-order valence-corrected chi connectivity index (χ2v) is 10.4. The van der Waals surface area contributed by atoms with Crippen molar-refractivity contribution in [1.29, 1.82) is 0 Å². The average Bonchev–Trinajstić information content (AvgIpc) is 2.74. The van der Waals surface area contributed by atoms with Crippen molar-refractivity contribution in [1.82, 2.24) is 4.90 Å². The molecule has 2 amide bonds. The van der Waals surface area contributed by atoms with E-state index >= 15 is 0 Å². The second-order valence-electron chi connectivity index (χ2n) is 9.95. The summed E-state index contributed by atoms with van der Waals surface area (Å²) in [4.78, 5) is 27.8. The number of carbonyl (C=O) groups excluding carboxylic acids is 2. The van der Waals surface area contributed by atoms with Crippen LogP contribution in [-0.4, -0.2) is 28.8 Å². The molecular formula is C26H34ClN3O2. The molecule has 1 fully saturated rings. The van der Waals surface area contributed by atoms with Crippen molar-refractivity contribution in [2.24, 2.45) is 11.1 Å². The monoisotopic (exact) mass is 455 g/mol. The Bertz CT molecular complexity index is 932. The highest BCUT2D eigenvalue weighted by molar-refractivity contribution is 6.31. The van der Waals surface area contributed by atoms with Crippen LogP contribution < -0.4 is 11.1 Å². The molecule has 1 aliphatic carbocycles. The Morgan fingerprint density at radius 1 is 1.06 bits per heavy atom. The predicted octanol–water partition coefficient (Wildman–Crippen LogP) is 5.63. The van der Waals surface area contributed by atoms with Crippen LogP contribution in [0.15, 0.2) is 48.5 Å². The Labute approximate surface area is 196 Å². The van der Waals surface area contributed by atoms with Crippen molar-refractivity contribution in [2.45, 2.75) is 71.5 Å². The topological polar surface area (TPSA) is 75.4 Å². The van der Waals surface area contributed by atoms with Crippen LogP contribution in [0.2, 0.25) is 5.02 Å². The van der Waals surface area contributed by atoms with Gasteiger partial charge in [0.15, 0.2) is 0 Å². The van der Waals surface area contributed by atoms with E-state index in [1.807, 2.05) is 29.2 Å². The third-order valence-electron chi connectivity index (χ3n) is 5.86. The molecule has 0 spiro atoms. The zero-order chi connectivity index (χ0) is 23.3. The van der Waals surface area contributed by atoms with Gasteiger partial charge in [0.25, 0.3) is 5.91 Å². The molecule has 3 rings (SSSR count). The van der Waals surface area contributed by atoms with Crippen LogP contribution >= 0.6 is 11.6 Å². The highest BCUT2D eigenvalue weighted by atomic mass is 35.5. The molecule has 0 saturated heterocycles.